The van der Waals surface area contributed by atoms with Gasteiger partial charge in [0.15, 0.2) is 11.2 Å². The number of rotatable bonds is 5. The van der Waals surface area contributed by atoms with Crippen molar-refractivity contribution >= 4 is 17.1 Å². The van der Waals surface area contributed by atoms with E-state index in [1.165, 1.54) is 6.33 Å². The van der Waals surface area contributed by atoms with Gasteiger partial charge < -0.3 is 14.2 Å². The second kappa shape index (κ2) is 8.20. The molecule has 162 valence electrons. The average Bonchev–Trinajstić information content (AvgIpc) is 3.54. The zero-order valence-electron chi connectivity index (χ0n) is 18.0. The molecular weight excluding hydrogens is 394 g/mol. The van der Waals surface area contributed by atoms with Crippen LogP contribution in [-0.2, 0) is 11.3 Å². The minimum absolute atomic E-state index is 0.0820. The Morgan fingerprint density at radius 1 is 1.13 bits per heavy atom. The molecule has 4 heterocycles. The molecule has 0 aromatic carbocycles. The van der Waals surface area contributed by atoms with Gasteiger partial charge in [0, 0.05) is 37.8 Å². The van der Waals surface area contributed by atoms with E-state index in [9.17, 15) is 4.79 Å². The number of hydrogen-bond acceptors (Lipinski definition) is 7. The van der Waals surface area contributed by atoms with Crippen molar-refractivity contribution in [1.82, 2.24) is 34.4 Å². The number of nitrogens with zero attached hydrogens (tertiary/aromatic N) is 7. The van der Waals surface area contributed by atoms with Crippen LogP contribution in [0.1, 0.15) is 44.9 Å². The van der Waals surface area contributed by atoms with Crippen LogP contribution >= 0.6 is 0 Å². The zero-order chi connectivity index (χ0) is 21.4. The van der Waals surface area contributed by atoms with Crippen LogP contribution in [0.25, 0.3) is 22.6 Å². The first-order chi connectivity index (χ1) is 15.1. The lowest BCUT2D eigenvalue weighted by molar-refractivity contribution is -0.134. The van der Waals surface area contributed by atoms with Gasteiger partial charge in [-0.25, -0.2) is 19.9 Å². The van der Waals surface area contributed by atoms with Crippen LogP contribution in [0.5, 0.6) is 5.88 Å². The zero-order valence-corrected chi connectivity index (χ0v) is 18.0. The van der Waals surface area contributed by atoms with E-state index in [2.05, 4.69) is 19.9 Å². The Balaban J connectivity index is 1.39. The molecule has 1 amide bonds. The van der Waals surface area contributed by atoms with Crippen molar-refractivity contribution in [2.75, 3.05) is 13.1 Å². The van der Waals surface area contributed by atoms with Crippen LogP contribution in [0.4, 0.5) is 0 Å². The molecule has 1 aliphatic heterocycles. The Bertz CT molecular complexity index is 1090. The van der Waals surface area contributed by atoms with Crippen LogP contribution < -0.4 is 4.74 Å². The maximum Gasteiger partial charge on any atom is 0.245 e. The number of ether oxygens (including phenoxy) is 1. The molecule has 0 radical (unpaired) electrons. The lowest BCUT2D eigenvalue weighted by atomic mass is 10.1. The molecule has 31 heavy (non-hydrogen) atoms. The van der Waals surface area contributed by atoms with Crippen LogP contribution in [0.2, 0.25) is 0 Å². The highest BCUT2D eigenvalue weighted by Gasteiger charge is 2.33. The first kappa shape index (κ1) is 19.8. The third kappa shape index (κ3) is 3.73. The van der Waals surface area contributed by atoms with Crippen molar-refractivity contribution < 1.29 is 9.53 Å². The van der Waals surface area contributed by atoms with E-state index in [1.54, 1.807) is 12.4 Å². The predicted octanol–water partition coefficient (Wildman–Crippen LogP) is 2.78. The summed E-state index contributed by atoms with van der Waals surface area (Å²) < 4.78 is 8.26. The summed E-state index contributed by atoms with van der Waals surface area (Å²) in [5.41, 5.74) is 2.17. The number of likely N-dealkylation sites (tertiary alicyclic amines) is 1. The molecule has 1 saturated heterocycles. The molecule has 0 spiro atoms. The fourth-order valence-corrected chi connectivity index (χ4v) is 4.64. The van der Waals surface area contributed by atoms with Crippen molar-refractivity contribution in [1.29, 1.82) is 0 Å². The van der Waals surface area contributed by atoms with Gasteiger partial charge in [-0.15, -0.1) is 0 Å². The molecule has 3 aromatic heterocycles. The molecule has 0 bridgehead atoms. The van der Waals surface area contributed by atoms with E-state index in [-0.39, 0.29) is 17.9 Å². The summed E-state index contributed by atoms with van der Waals surface area (Å²) in [5.74, 6) is 2.40. The first-order valence-corrected chi connectivity index (χ1v) is 11.1. The topological polar surface area (TPSA) is 98.9 Å². The molecule has 1 atom stereocenters. The largest absolute Gasteiger partial charge is 0.471 e. The third-order valence-electron chi connectivity index (χ3n) is 6.29. The Morgan fingerprint density at radius 3 is 2.65 bits per heavy atom. The average molecular weight is 422 g/mol. The molecule has 5 rings (SSSR count). The van der Waals surface area contributed by atoms with E-state index >= 15 is 0 Å². The maximum absolute atomic E-state index is 12.7. The minimum Gasteiger partial charge on any atom is -0.471 e. The summed E-state index contributed by atoms with van der Waals surface area (Å²) in [4.78, 5) is 36.9. The molecule has 3 aromatic rings. The molecule has 2 fully saturated rings. The molecule has 1 aliphatic carbocycles. The standard InChI is InChI=1S/C22H27N7O2/c1-3-29-19(16-10-23-14(2)24-11-16)27-18-20(29)25-13-26-21(18)31-17-8-9-28(12-17)22(30)15-6-4-5-7-15/h10-11,13,15,17H,3-9,12H2,1-2H3. The Labute approximate surface area is 180 Å². The second-order valence-electron chi connectivity index (χ2n) is 8.34. The molecular formula is C22H27N7O2. The fourth-order valence-electron chi connectivity index (χ4n) is 4.64. The van der Waals surface area contributed by atoms with Gasteiger partial charge >= 0.3 is 0 Å². The number of aryl methyl sites for hydroxylation is 2. The van der Waals surface area contributed by atoms with Crippen LogP contribution in [0.15, 0.2) is 18.7 Å². The maximum atomic E-state index is 12.7. The van der Waals surface area contributed by atoms with Crippen LogP contribution in [0.3, 0.4) is 0 Å². The van der Waals surface area contributed by atoms with Crippen molar-refractivity contribution in [2.45, 2.75) is 58.6 Å². The summed E-state index contributed by atoms with van der Waals surface area (Å²) >= 11 is 0. The van der Waals surface area contributed by atoms with Crippen molar-refractivity contribution in [3.8, 4) is 17.3 Å². The second-order valence-corrected chi connectivity index (χ2v) is 8.34. The molecule has 1 saturated carbocycles. The van der Waals surface area contributed by atoms with E-state index in [4.69, 9.17) is 9.72 Å². The number of amides is 1. The number of fused-ring (bicyclic) bond motifs is 1. The van der Waals surface area contributed by atoms with Crippen molar-refractivity contribution in [3.63, 3.8) is 0 Å². The minimum atomic E-state index is -0.0820. The molecule has 1 unspecified atom stereocenters. The van der Waals surface area contributed by atoms with Gasteiger partial charge in [0.1, 0.15) is 24.1 Å². The lowest BCUT2D eigenvalue weighted by Gasteiger charge is -2.20. The molecule has 9 nitrogen and oxygen atoms in total. The summed E-state index contributed by atoms with van der Waals surface area (Å²) in [5, 5.41) is 0. The molecule has 0 N–H and O–H groups in total. The van der Waals surface area contributed by atoms with Crippen LogP contribution in [-0.4, -0.2) is 59.5 Å². The van der Waals surface area contributed by atoms with Gasteiger partial charge in [0.05, 0.1) is 12.1 Å². The van der Waals surface area contributed by atoms with Gasteiger partial charge in [-0.05, 0) is 26.7 Å². The van der Waals surface area contributed by atoms with E-state index < -0.39 is 0 Å². The summed E-state index contributed by atoms with van der Waals surface area (Å²) in [7, 11) is 0. The first-order valence-electron chi connectivity index (χ1n) is 11.1. The Kier molecular flexibility index (Phi) is 5.25. The summed E-state index contributed by atoms with van der Waals surface area (Å²) in [6.07, 6.45) is 10.1. The summed E-state index contributed by atoms with van der Waals surface area (Å²) in [6, 6.07) is 0. The van der Waals surface area contributed by atoms with Crippen LogP contribution in [0, 0.1) is 12.8 Å². The van der Waals surface area contributed by atoms with Crippen molar-refractivity contribution in [3.05, 3.63) is 24.5 Å². The highest BCUT2D eigenvalue weighted by molar-refractivity contribution is 5.81. The Morgan fingerprint density at radius 2 is 1.90 bits per heavy atom. The monoisotopic (exact) mass is 421 g/mol. The number of hydrogen-bond donors (Lipinski definition) is 0. The van der Waals surface area contributed by atoms with Gasteiger partial charge in [-0.1, -0.05) is 12.8 Å². The number of carbonyl (C=O) groups excluding carboxylic acids is 1. The quantitative estimate of drug-likeness (QED) is 0.624. The van der Waals surface area contributed by atoms with Gasteiger partial charge in [0.25, 0.3) is 0 Å². The number of imidazole rings is 1. The number of aromatic nitrogens is 6. The van der Waals surface area contributed by atoms with E-state index in [1.807, 2.05) is 23.3 Å². The normalized spacial score (nSPS) is 19.4. The SMILES string of the molecule is CCn1c(-c2cnc(C)nc2)nc2c(OC3CCN(C(=O)C4CCCC4)C3)ncnc21. The third-order valence-corrected chi connectivity index (χ3v) is 6.29. The van der Waals surface area contributed by atoms with Crippen molar-refractivity contribution in [2.24, 2.45) is 5.92 Å². The lowest BCUT2D eigenvalue weighted by Crippen LogP contribution is -2.34. The van der Waals surface area contributed by atoms with Gasteiger partial charge in [-0.2, -0.15) is 4.98 Å². The molecule has 9 heteroatoms. The Hall–Kier alpha value is -3.10. The highest BCUT2D eigenvalue weighted by Crippen LogP contribution is 2.31. The smallest absolute Gasteiger partial charge is 0.245 e. The van der Waals surface area contributed by atoms with E-state index in [0.29, 0.717) is 30.3 Å². The van der Waals surface area contributed by atoms with Gasteiger partial charge in [0.2, 0.25) is 11.8 Å². The number of carbonyl (C=O) groups is 1. The van der Waals surface area contributed by atoms with E-state index in [0.717, 1.165) is 55.7 Å². The van der Waals surface area contributed by atoms with Gasteiger partial charge in [-0.3, -0.25) is 4.79 Å². The molecule has 2 aliphatic rings. The predicted molar refractivity (Wildman–Crippen MR) is 114 cm³/mol. The summed E-state index contributed by atoms with van der Waals surface area (Å²) in [6.45, 7) is 5.94. The fraction of sp³-hybridized carbons (Fsp3) is 0.545. The highest BCUT2D eigenvalue weighted by atomic mass is 16.5.